The minimum atomic E-state index is 0.664. The Morgan fingerprint density at radius 2 is 2.07 bits per heavy atom. The lowest BCUT2D eigenvalue weighted by molar-refractivity contribution is 0.109. The summed E-state index contributed by atoms with van der Waals surface area (Å²) in [6.45, 7) is 1.36. The first-order valence-electron chi connectivity index (χ1n) is 4.69. The van der Waals surface area contributed by atoms with Crippen LogP contribution in [0.1, 0.15) is 10.4 Å². The monoisotopic (exact) mass is 282 g/mol. The molecule has 15 heavy (non-hydrogen) atoms. The van der Waals surface area contributed by atoms with Gasteiger partial charge in [0.1, 0.15) is 0 Å². The van der Waals surface area contributed by atoms with Crippen molar-refractivity contribution < 1.29 is 4.74 Å². The number of ether oxygens (including phenoxy) is 1. The fraction of sp³-hybridized carbons (Fsp3) is 0.167. The number of hydrogen-bond acceptors (Lipinski definition) is 2. The first kappa shape index (κ1) is 10.9. The van der Waals surface area contributed by atoms with E-state index in [0.29, 0.717) is 13.2 Å². The molecule has 0 amide bonds. The minimum Gasteiger partial charge on any atom is -0.371 e. The number of hydrogen-bond donors (Lipinski definition) is 0. The molecule has 0 aliphatic heterocycles. The molecule has 1 aromatic carbocycles. The van der Waals surface area contributed by atoms with Crippen LogP contribution in [0.4, 0.5) is 0 Å². The van der Waals surface area contributed by atoms with Crippen molar-refractivity contribution in [2.24, 2.45) is 0 Å². The van der Waals surface area contributed by atoms with Gasteiger partial charge in [0.15, 0.2) is 0 Å². The predicted molar refractivity (Wildman–Crippen MR) is 67.0 cm³/mol. The average Bonchev–Trinajstić information content (AvgIpc) is 2.71. The van der Waals surface area contributed by atoms with Crippen LogP contribution in [-0.2, 0) is 18.0 Å². The fourth-order valence-electron chi connectivity index (χ4n) is 1.29. The minimum absolute atomic E-state index is 0.664. The van der Waals surface area contributed by atoms with Crippen molar-refractivity contribution >= 4 is 27.3 Å². The Morgan fingerprint density at radius 1 is 1.13 bits per heavy atom. The quantitative estimate of drug-likeness (QED) is 0.816. The molecule has 1 aromatic heterocycles. The second-order valence-corrected chi connectivity index (χ2v) is 5.15. The van der Waals surface area contributed by atoms with Crippen LogP contribution in [0, 0.1) is 0 Å². The van der Waals surface area contributed by atoms with E-state index in [2.05, 4.69) is 39.5 Å². The molecule has 3 heteroatoms. The van der Waals surface area contributed by atoms with E-state index in [1.165, 1.54) is 10.4 Å². The highest BCUT2D eigenvalue weighted by Gasteiger charge is 1.96. The van der Waals surface area contributed by atoms with Crippen molar-refractivity contribution in [2.45, 2.75) is 13.2 Å². The van der Waals surface area contributed by atoms with Crippen molar-refractivity contribution in [1.29, 1.82) is 0 Å². The topological polar surface area (TPSA) is 9.23 Å². The molecule has 1 heterocycles. The number of thiophene rings is 1. The van der Waals surface area contributed by atoms with Gasteiger partial charge in [-0.1, -0.05) is 34.1 Å². The molecule has 0 atom stereocenters. The highest BCUT2D eigenvalue weighted by Crippen LogP contribution is 2.14. The third-order valence-corrected chi connectivity index (χ3v) is 3.33. The van der Waals surface area contributed by atoms with Gasteiger partial charge in [-0.3, -0.25) is 0 Å². The van der Waals surface area contributed by atoms with Gasteiger partial charge in [-0.05, 0) is 29.1 Å². The number of rotatable bonds is 4. The van der Waals surface area contributed by atoms with Crippen molar-refractivity contribution in [2.75, 3.05) is 0 Å². The van der Waals surface area contributed by atoms with Gasteiger partial charge in [0.2, 0.25) is 0 Å². The van der Waals surface area contributed by atoms with Crippen LogP contribution in [-0.4, -0.2) is 0 Å². The lowest BCUT2D eigenvalue weighted by Gasteiger charge is -2.03. The summed E-state index contributed by atoms with van der Waals surface area (Å²) in [5.74, 6) is 0. The van der Waals surface area contributed by atoms with Crippen LogP contribution in [0.2, 0.25) is 0 Å². The zero-order valence-corrected chi connectivity index (χ0v) is 10.6. The van der Waals surface area contributed by atoms with Gasteiger partial charge in [0.05, 0.1) is 13.2 Å². The van der Waals surface area contributed by atoms with Crippen molar-refractivity contribution in [3.05, 3.63) is 56.7 Å². The molecule has 0 aliphatic carbocycles. The van der Waals surface area contributed by atoms with Gasteiger partial charge in [0.25, 0.3) is 0 Å². The van der Waals surface area contributed by atoms with E-state index >= 15 is 0 Å². The summed E-state index contributed by atoms with van der Waals surface area (Å²) >= 11 is 5.17. The first-order valence-corrected chi connectivity index (χ1v) is 6.36. The molecule has 0 saturated heterocycles. The third kappa shape index (κ3) is 3.45. The van der Waals surface area contributed by atoms with E-state index < -0.39 is 0 Å². The molecule has 0 fully saturated rings. The standard InChI is InChI=1S/C12H11BrOS/c13-11-4-1-3-10(7-11)8-14-9-12-5-2-6-15-12/h1-7H,8-9H2. The zero-order valence-electron chi connectivity index (χ0n) is 8.15. The molecule has 2 aromatic rings. The van der Waals surface area contributed by atoms with E-state index in [0.717, 1.165) is 4.47 Å². The first-order chi connectivity index (χ1) is 7.34. The Balaban J connectivity index is 1.83. The van der Waals surface area contributed by atoms with E-state index in [9.17, 15) is 0 Å². The second kappa shape index (κ2) is 5.45. The van der Waals surface area contributed by atoms with Crippen molar-refractivity contribution in [1.82, 2.24) is 0 Å². The van der Waals surface area contributed by atoms with Crippen LogP contribution in [0.15, 0.2) is 46.3 Å². The summed E-state index contributed by atoms with van der Waals surface area (Å²) in [5, 5.41) is 2.07. The largest absolute Gasteiger partial charge is 0.371 e. The fourth-order valence-corrected chi connectivity index (χ4v) is 2.38. The van der Waals surface area contributed by atoms with Crippen LogP contribution < -0.4 is 0 Å². The molecule has 0 saturated carbocycles. The summed E-state index contributed by atoms with van der Waals surface area (Å²) in [5.41, 5.74) is 1.20. The van der Waals surface area contributed by atoms with Gasteiger partial charge in [-0.2, -0.15) is 0 Å². The Hall–Kier alpha value is -0.640. The molecule has 0 aliphatic rings. The normalized spacial score (nSPS) is 10.5. The maximum Gasteiger partial charge on any atom is 0.0813 e. The smallest absolute Gasteiger partial charge is 0.0813 e. The van der Waals surface area contributed by atoms with Gasteiger partial charge in [-0.25, -0.2) is 0 Å². The molecular formula is C12H11BrOS. The van der Waals surface area contributed by atoms with Gasteiger partial charge >= 0.3 is 0 Å². The molecular weight excluding hydrogens is 272 g/mol. The van der Waals surface area contributed by atoms with Crippen molar-refractivity contribution in [3.8, 4) is 0 Å². The molecule has 0 N–H and O–H groups in total. The second-order valence-electron chi connectivity index (χ2n) is 3.20. The Kier molecular flexibility index (Phi) is 3.94. The SMILES string of the molecule is Brc1cccc(COCc2cccs2)c1. The summed E-state index contributed by atoms with van der Waals surface area (Å²) in [6, 6.07) is 12.3. The van der Waals surface area contributed by atoms with E-state index in [1.807, 2.05) is 18.2 Å². The van der Waals surface area contributed by atoms with E-state index in [4.69, 9.17) is 4.74 Å². The molecule has 78 valence electrons. The molecule has 0 bridgehead atoms. The number of halogens is 1. The van der Waals surface area contributed by atoms with Gasteiger partial charge in [-0.15, -0.1) is 11.3 Å². The summed E-state index contributed by atoms with van der Waals surface area (Å²) in [4.78, 5) is 1.27. The highest BCUT2D eigenvalue weighted by atomic mass is 79.9. The number of benzene rings is 1. The van der Waals surface area contributed by atoms with E-state index in [-0.39, 0.29) is 0 Å². The lowest BCUT2D eigenvalue weighted by atomic mass is 10.2. The van der Waals surface area contributed by atoms with Crippen LogP contribution in [0.5, 0.6) is 0 Å². The van der Waals surface area contributed by atoms with Crippen molar-refractivity contribution in [3.63, 3.8) is 0 Å². The Labute approximate surface area is 102 Å². The third-order valence-electron chi connectivity index (χ3n) is 1.98. The summed E-state index contributed by atoms with van der Waals surface area (Å²) in [7, 11) is 0. The summed E-state index contributed by atoms with van der Waals surface area (Å²) in [6.07, 6.45) is 0. The average molecular weight is 283 g/mol. The molecule has 2 rings (SSSR count). The highest BCUT2D eigenvalue weighted by molar-refractivity contribution is 9.10. The van der Waals surface area contributed by atoms with E-state index in [1.54, 1.807) is 11.3 Å². The molecule has 1 nitrogen and oxygen atoms in total. The predicted octanol–water partition coefficient (Wildman–Crippen LogP) is 4.23. The summed E-state index contributed by atoms with van der Waals surface area (Å²) < 4.78 is 6.71. The van der Waals surface area contributed by atoms with Crippen LogP contribution >= 0.6 is 27.3 Å². The Morgan fingerprint density at radius 3 is 2.80 bits per heavy atom. The van der Waals surface area contributed by atoms with Crippen LogP contribution in [0.3, 0.4) is 0 Å². The molecule has 0 radical (unpaired) electrons. The molecule has 0 unspecified atom stereocenters. The lowest BCUT2D eigenvalue weighted by Crippen LogP contribution is -1.91. The Bertz CT molecular complexity index is 411. The zero-order chi connectivity index (χ0) is 10.5. The maximum absolute atomic E-state index is 5.61. The maximum atomic E-state index is 5.61. The van der Waals surface area contributed by atoms with Gasteiger partial charge < -0.3 is 4.74 Å². The van der Waals surface area contributed by atoms with Crippen LogP contribution in [0.25, 0.3) is 0 Å². The molecule has 0 spiro atoms. The van der Waals surface area contributed by atoms with Gasteiger partial charge in [0, 0.05) is 9.35 Å².